The summed E-state index contributed by atoms with van der Waals surface area (Å²) in [6.07, 6.45) is -0.565. The van der Waals surface area contributed by atoms with Gasteiger partial charge in [-0.3, -0.25) is 0 Å². The van der Waals surface area contributed by atoms with E-state index in [0.29, 0.717) is 12.4 Å². The maximum absolute atomic E-state index is 9.38. The zero-order valence-electron chi connectivity index (χ0n) is 9.91. The number of anilines is 1. The smallest absolute Gasteiger partial charge is 0.204 e. The van der Waals surface area contributed by atoms with E-state index in [0.717, 1.165) is 11.3 Å². The number of aryl methyl sites for hydroxylation is 1. The topological polar surface area (TPSA) is 75.9 Å². The average molecular weight is 268 g/mol. The SMILES string of the molecule is Cn1nnc(-c2cccc(NCC(O)CCl)c2)n1. The first-order valence-corrected chi connectivity index (χ1v) is 6.05. The van der Waals surface area contributed by atoms with Crippen molar-refractivity contribution in [2.45, 2.75) is 6.10 Å². The highest BCUT2D eigenvalue weighted by molar-refractivity contribution is 6.18. The molecule has 1 unspecified atom stereocenters. The maximum atomic E-state index is 9.38. The largest absolute Gasteiger partial charge is 0.390 e. The number of halogens is 1. The van der Waals surface area contributed by atoms with Gasteiger partial charge in [0.25, 0.3) is 0 Å². The van der Waals surface area contributed by atoms with Gasteiger partial charge in [-0.1, -0.05) is 12.1 Å². The van der Waals surface area contributed by atoms with Crippen LogP contribution in [0.3, 0.4) is 0 Å². The third kappa shape index (κ3) is 3.18. The van der Waals surface area contributed by atoms with E-state index in [1.165, 1.54) is 4.80 Å². The second-order valence-electron chi connectivity index (χ2n) is 3.87. The third-order valence-electron chi connectivity index (χ3n) is 2.35. The van der Waals surface area contributed by atoms with E-state index in [4.69, 9.17) is 11.6 Å². The highest BCUT2D eigenvalue weighted by atomic mass is 35.5. The molecule has 0 bridgehead atoms. The van der Waals surface area contributed by atoms with Gasteiger partial charge in [0.1, 0.15) is 0 Å². The first-order chi connectivity index (χ1) is 8.69. The molecule has 0 spiro atoms. The first-order valence-electron chi connectivity index (χ1n) is 5.51. The summed E-state index contributed by atoms with van der Waals surface area (Å²) < 4.78 is 0. The number of aromatic nitrogens is 4. The lowest BCUT2D eigenvalue weighted by Gasteiger charge is -2.10. The number of rotatable bonds is 5. The van der Waals surface area contributed by atoms with Gasteiger partial charge >= 0.3 is 0 Å². The van der Waals surface area contributed by atoms with Gasteiger partial charge in [0.2, 0.25) is 5.82 Å². The molecule has 2 N–H and O–H groups in total. The molecule has 0 aliphatic heterocycles. The molecule has 0 saturated heterocycles. The molecular weight excluding hydrogens is 254 g/mol. The molecule has 2 rings (SSSR count). The number of hydrogen-bond donors (Lipinski definition) is 2. The van der Waals surface area contributed by atoms with Crippen LogP contribution in [0, 0.1) is 0 Å². The molecule has 1 atom stereocenters. The Labute approximate surface area is 110 Å². The van der Waals surface area contributed by atoms with Crippen LogP contribution < -0.4 is 5.32 Å². The predicted octanol–water partition coefficient (Wildman–Crippen LogP) is 0.889. The molecule has 0 saturated carbocycles. The summed E-state index contributed by atoms with van der Waals surface area (Å²) in [6.45, 7) is 0.404. The number of nitrogens with one attached hydrogen (secondary N) is 1. The summed E-state index contributed by atoms with van der Waals surface area (Å²) in [5.41, 5.74) is 1.75. The van der Waals surface area contributed by atoms with Crippen molar-refractivity contribution >= 4 is 17.3 Å². The molecular formula is C11H14ClN5O. The van der Waals surface area contributed by atoms with E-state index in [1.807, 2.05) is 24.3 Å². The lowest BCUT2D eigenvalue weighted by Crippen LogP contribution is -2.20. The molecule has 6 nitrogen and oxygen atoms in total. The normalized spacial score (nSPS) is 12.4. The minimum Gasteiger partial charge on any atom is -0.390 e. The van der Waals surface area contributed by atoms with E-state index in [1.54, 1.807) is 7.05 Å². The summed E-state index contributed by atoms with van der Waals surface area (Å²) >= 11 is 5.53. The second-order valence-corrected chi connectivity index (χ2v) is 4.18. The van der Waals surface area contributed by atoms with E-state index < -0.39 is 6.10 Å². The van der Waals surface area contributed by atoms with Gasteiger partial charge in [-0.05, 0) is 17.3 Å². The fourth-order valence-corrected chi connectivity index (χ4v) is 1.57. The minimum absolute atomic E-state index is 0.207. The Morgan fingerprint density at radius 3 is 3.00 bits per heavy atom. The Balaban J connectivity index is 2.10. The molecule has 2 aromatic rings. The molecule has 0 fully saturated rings. The maximum Gasteiger partial charge on any atom is 0.204 e. The number of hydrogen-bond acceptors (Lipinski definition) is 5. The first kappa shape index (κ1) is 12.8. The Morgan fingerprint density at radius 2 is 2.33 bits per heavy atom. The van der Waals surface area contributed by atoms with Gasteiger partial charge in [0.05, 0.1) is 19.0 Å². The predicted molar refractivity (Wildman–Crippen MR) is 69.5 cm³/mol. The van der Waals surface area contributed by atoms with Crippen LogP contribution in [0.5, 0.6) is 0 Å². The van der Waals surface area contributed by atoms with Gasteiger partial charge in [-0.2, -0.15) is 4.80 Å². The van der Waals surface area contributed by atoms with Crippen LogP contribution in [0.25, 0.3) is 11.4 Å². The van der Waals surface area contributed by atoms with Crippen molar-refractivity contribution in [1.82, 2.24) is 20.2 Å². The van der Waals surface area contributed by atoms with Gasteiger partial charge < -0.3 is 10.4 Å². The molecule has 0 radical (unpaired) electrons. The Bertz CT molecular complexity index is 516. The number of benzene rings is 1. The van der Waals surface area contributed by atoms with Crippen molar-refractivity contribution in [1.29, 1.82) is 0 Å². The number of alkyl halides is 1. The zero-order valence-corrected chi connectivity index (χ0v) is 10.7. The van der Waals surface area contributed by atoms with E-state index in [-0.39, 0.29) is 5.88 Å². The monoisotopic (exact) mass is 267 g/mol. The van der Waals surface area contributed by atoms with Gasteiger partial charge in [-0.15, -0.1) is 21.8 Å². The number of aliphatic hydroxyl groups excluding tert-OH is 1. The number of nitrogens with zero attached hydrogens (tertiary/aromatic N) is 4. The molecule has 0 aliphatic carbocycles. The average Bonchev–Trinajstić information content (AvgIpc) is 2.83. The quantitative estimate of drug-likeness (QED) is 0.787. The molecule has 7 heteroatoms. The summed E-state index contributed by atoms with van der Waals surface area (Å²) in [5, 5.41) is 24.3. The standard InChI is InChI=1S/C11H14ClN5O/c1-17-15-11(14-16-17)8-3-2-4-9(5-8)13-7-10(18)6-12/h2-5,10,13,18H,6-7H2,1H3. The van der Waals surface area contributed by atoms with Crippen molar-refractivity contribution in [3.8, 4) is 11.4 Å². The number of tetrazole rings is 1. The van der Waals surface area contributed by atoms with Gasteiger partial charge in [0, 0.05) is 17.8 Å². The Kier molecular flexibility index (Phi) is 4.11. The molecule has 1 aromatic carbocycles. The van der Waals surface area contributed by atoms with Crippen LogP contribution in [0.2, 0.25) is 0 Å². The summed E-state index contributed by atoms with van der Waals surface area (Å²) in [5.74, 6) is 0.775. The van der Waals surface area contributed by atoms with E-state index >= 15 is 0 Å². The fourth-order valence-electron chi connectivity index (χ4n) is 1.46. The Hall–Kier alpha value is -1.66. The highest BCUT2D eigenvalue weighted by Gasteiger charge is 2.06. The molecule has 1 heterocycles. The molecule has 0 aliphatic rings. The summed E-state index contributed by atoms with van der Waals surface area (Å²) in [7, 11) is 1.72. The van der Waals surface area contributed by atoms with Crippen LogP contribution in [0.15, 0.2) is 24.3 Å². The van der Waals surface area contributed by atoms with Crippen molar-refractivity contribution in [3.63, 3.8) is 0 Å². The summed E-state index contributed by atoms with van der Waals surface area (Å²) in [6, 6.07) is 7.60. The van der Waals surface area contributed by atoms with Crippen LogP contribution in [0.4, 0.5) is 5.69 Å². The van der Waals surface area contributed by atoms with Crippen LogP contribution >= 0.6 is 11.6 Å². The van der Waals surface area contributed by atoms with Crippen molar-refractivity contribution in [3.05, 3.63) is 24.3 Å². The van der Waals surface area contributed by atoms with Crippen molar-refractivity contribution < 1.29 is 5.11 Å². The Morgan fingerprint density at radius 1 is 1.50 bits per heavy atom. The molecule has 96 valence electrons. The molecule has 18 heavy (non-hydrogen) atoms. The van der Waals surface area contributed by atoms with Crippen LogP contribution in [-0.2, 0) is 7.05 Å². The second kappa shape index (κ2) is 5.79. The lowest BCUT2D eigenvalue weighted by molar-refractivity contribution is 0.211. The van der Waals surface area contributed by atoms with Gasteiger partial charge in [0.15, 0.2) is 0 Å². The van der Waals surface area contributed by atoms with Crippen LogP contribution in [-0.4, -0.2) is 43.8 Å². The van der Waals surface area contributed by atoms with Crippen LogP contribution in [0.1, 0.15) is 0 Å². The third-order valence-corrected chi connectivity index (χ3v) is 2.71. The molecule has 0 amide bonds. The van der Waals surface area contributed by atoms with E-state index in [9.17, 15) is 5.11 Å². The van der Waals surface area contributed by atoms with Crippen molar-refractivity contribution in [2.75, 3.05) is 17.7 Å². The lowest BCUT2D eigenvalue weighted by atomic mass is 10.2. The highest BCUT2D eigenvalue weighted by Crippen LogP contribution is 2.18. The fraction of sp³-hybridized carbons (Fsp3) is 0.364. The van der Waals surface area contributed by atoms with E-state index in [2.05, 4.69) is 20.7 Å². The van der Waals surface area contributed by atoms with Gasteiger partial charge in [-0.25, -0.2) is 0 Å². The number of aliphatic hydroxyl groups is 1. The zero-order chi connectivity index (χ0) is 13.0. The van der Waals surface area contributed by atoms with Crippen molar-refractivity contribution in [2.24, 2.45) is 7.05 Å². The summed E-state index contributed by atoms with van der Waals surface area (Å²) in [4.78, 5) is 1.41. The minimum atomic E-state index is -0.565. The molecule has 1 aromatic heterocycles.